The van der Waals surface area contributed by atoms with Gasteiger partial charge in [-0.3, -0.25) is 0 Å². The molecule has 1 rings (SSSR count). The number of nitrogens with one attached hydrogen (secondary N) is 1. The van der Waals surface area contributed by atoms with Crippen LogP contribution >= 0.6 is 0 Å². The number of likely N-dealkylation sites (N-methyl/N-ethyl adjacent to an activating group) is 1. The van der Waals surface area contributed by atoms with Crippen molar-refractivity contribution in [3.63, 3.8) is 0 Å². The molecule has 4 heteroatoms. The molecule has 1 aliphatic carbocycles. The molecule has 0 heterocycles. The maximum absolute atomic E-state index is 12.0. The highest BCUT2D eigenvalue weighted by Crippen LogP contribution is 2.37. The highest BCUT2D eigenvalue weighted by Gasteiger charge is 2.36. The van der Waals surface area contributed by atoms with E-state index < -0.39 is 5.60 Å². The molecule has 2 amide bonds. The second kappa shape index (κ2) is 4.84. The van der Waals surface area contributed by atoms with E-state index in [1.54, 1.807) is 25.8 Å². The summed E-state index contributed by atoms with van der Waals surface area (Å²) >= 11 is 0. The lowest BCUT2D eigenvalue weighted by molar-refractivity contribution is 0.0522. The summed E-state index contributed by atoms with van der Waals surface area (Å²) < 4.78 is 0. The monoisotopic (exact) mass is 242 g/mol. The molecule has 0 aromatic rings. The Labute approximate surface area is 104 Å². The van der Waals surface area contributed by atoms with Gasteiger partial charge in [0.15, 0.2) is 0 Å². The molecule has 1 fully saturated rings. The van der Waals surface area contributed by atoms with Crippen molar-refractivity contribution >= 4 is 6.03 Å². The lowest BCUT2D eigenvalue weighted by atomic mass is 9.87. The lowest BCUT2D eigenvalue weighted by Crippen LogP contribution is -2.50. The number of aliphatic hydroxyl groups is 1. The van der Waals surface area contributed by atoms with E-state index >= 15 is 0 Å². The number of carbonyl (C=O) groups excluding carboxylic acids is 1. The van der Waals surface area contributed by atoms with Gasteiger partial charge in [-0.15, -0.1) is 0 Å². The van der Waals surface area contributed by atoms with Crippen LogP contribution in [0, 0.1) is 5.41 Å². The van der Waals surface area contributed by atoms with Crippen LogP contribution in [0.2, 0.25) is 0 Å². The highest BCUT2D eigenvalue weighted by molar-refractivity contribution is 5.74. The van der Waals surface area contributed by atoms with Gasteiger partial charge in [-0.05, 0) is 32.1 Å². The molecule has 1 unspecified atom stereocenters. The summed E-state index contributed by atoms with van der Waals surface area (Å²) in [5.74, 6) is 0. The maximum atomic E-state index is 12.0. The van der Waals surface area contributed by atoms with E-state index in [1.807, 2.05) is 0 Å². The number of amides is 2. The third kappa shape index (κ3) is 4.19. The molecule has 0 aromatic carbocycles. The Hall–Kier alpha value is -0.770. The number of carbonyl (C=O) groups is 1. The van der Waals surface area contributed by atoms with Gasteiger partial charge in [-0.1, -0.05) is 20.3 Å². The largest absolute Gasteiger partial charge is 0.389 e. The summed E-state index contributed by atoms with van der Waals surface area (Å²) in [5.41, 5.74) is -0.664. The molecule has 0 aliphatic heterocycles. The number of hydrogen-bond acceptors (Lipinski definition) is 2. The second-order valence-corrected chi connectivity index (χ2v) is 6.55. The molecule has 0 aromatic heterocycles. The van der Waals surface area contributed by atoms with Crippen LogP contribution < -0.4 is 5.32 Å². The molecule has 0 spiro atoms. The molecule has 0 saturated heterocycles. The minimum atomic E-state index is -0.850. The summed E-state index contributed by atoms with van der Waals surface area (Å²) in [6.07, 6.45) is 3.38. The van der Waals surface area contributed by atoms with Gasteiger partial charge in [-0.2, -0.15) is 0 Å². The standard InChI is InChI=1S/C13H26N2O2/c1-12(2)8-6-7-10(12)14-11(16)15(5)9-13(3,4)17/h10,17H,6-9H2,1-5H3,(H,14,16). The Morgan fingerprint density at radius 2 is 2.12 bits per heavy atom. The van der Waals surface area contributed by atoms with Crippen LogP contribution in [0.3, 0.4) is 0 Å². The molecule has 1 saturated carbocycles. The molecular weight excluding hydrogens is 216 g/mol. The lowest BCUT2D eigenvalue weighted by Gasteiger charge is -2.31. The molecule has 0 radical (unpaired) electrons. The van der Waals surface area contributed by atoms with Crippen molar-refractivity contribution in [3.05, 3.63) is 0 Å². The van der Waals surface area contributed by atoms with Crippen LogP contribution in [0.15, 0.2) is 0 Å². The topological polar surface area (TPSA) is 52.6 Å². The molecule has 17 heavy (non-hydrogen) atoms. The van der Waals surface area contributed by atoms with Gasteiger partial charge in [0.25, 0.3) is 0 Å². The van der Waals surface area contributed by atoms with E-state index in [0.717, 1.165) is 12.8 Å². The minimum absolute atomic E-state index is 0.0906. The third-order valence-corrected chi connectivity index (χ3v) is 3.53. The smallest absolute Gasteiger partial charge is 0.317 e. The zero-order valence-electron chi connectivity index (χ0n) is 11.7. The Kier molecular flexibility index (Phi) is 4.07. The SMILES string of the molecule is CN(CC(C)(C)O)C(=O)NC1CCCC1(C)C. The Morgan fingerprint density at radius 1 is 1.53 bits per heavy atom. The summed E-state index contributed by atoms with van der Waals surface area (Å²) in [4.78, 5) is 13.5. The molecule has 2 N–H and O–H groups in total. The van der Waals surface area contributed by atoms with Crippen LogP contribution in [0.1, 0.15) is 47.0 Å². The number of hydrogen-bond donors (Lipinski definition) is 2. The van der Waals surface area contributed by atoms with Crippen molar-refractivity contribution in [1.82, 2.24) is 10.2 Å². The van der Waals surface area contributed by atoms with Crippen molar-refractivity contribution in [3.8, 4) is 0 Å². The molecule has 1 aliphatic rings. The zero-order valence-corrected chi connectivity index (χ0v) is 11.7. The number of rotatable bonds is 3. The number of nitrogens with zero attached hydrogens (tertiary/aromatic N) is 1. The van der Waals surface area contributed by atoms with Gasteiger partial charge in [0, 0.05) is 13.1 Å². The van der Waals surface area contributed by atoms with Gasteiger partial charge in [-0.25, -0.2) is 4.79 Å². The molecule has 4 nitrogen and oxygen atoms in total. The van der Waals surface area contributed by atoms with Crippen LogP contribution in [0.25, 0.3) is 0 Å². The first-order valence-corrected chi connectivity index (χ1v) is 6.36. The van der Waals surface area contributed by atoms with E-state index in [1.165, 1.54) is 6.42 Å². The van der Waals surface area contributed by atoms with E-state index in [2.05, 4.69) is 19.2 Å². The van der Waals surface area contributed by atoms with E-state index in [0.29, 0.717) is 6.54 Å². The van der Waals surface area contributed by atoms with Crippen LogP contribution in [-0.4, -0.2) is 41.3 Å². The van der Waals surface area contributed by atoms with Crippen molar-refractivity contribution in [2.45, 2.75) is 58.6 Å². The Morgan fingerprint density at radius 3 is 2.53 bits per heavy atom. The van der Waals surface area contributed by atoms with Gasteiger partial charge in [0.05, 0.1) is 12.1 Å². The fourth-order valence-electron chi connectivity index (χ4n) is 2.51. The fourth-order valence-corrected chi connectivity index (χ4v) is 2.51. The molecule has 1 atom stereocenters. The molecule has 100 valence electrons. The average molecular weight is 242 g/mol. The highest BCUT2D eigenvalue weighted by atomic mass is 16.3. The van der Waals surface area contributed by atoms with Crippen LogP contribution in [-0.2, 0) is 0 Å². The van der Waals surface area contributed by atoms with Crippen LogP contribution in [0.4, 0.5) is 4.79 Å². The first-order valence-electron chi connectivity index (χ1n) is 6.36. The molecular formula is C13H26N2O2. The quantitative estimate of drug-likeness (QED) is 0.795. The van der Waals surface area contributed by atoms with E-state index in [-0.39, 0.29) is 17.5 Å². The maximum Gasteiger partial charge on any atom is 0.317 e. The first kappa shape index (κ1) is 14.3. The summed E-state index contributed by atoms with van der Waals surface area (Å²) in [6, 6.07) is 0.159. The predicted octanol–water partition coefficient (Wildman–Crippen LogP) is 1.98. The summed E-state index contributed by atoms with van der Waals surface area (Å²) in [5, 5.41) is 12.7. The van der Waals surface area contributed by atoms with Crippen LogP contribution in [0.5, 0.6) is 0 Å². The van der Waals surface area contributed by atoms with Crippen molar-refractivity contribution in [1.29, 1.82) is 0 Å². The fraction of sp³-hybridized carbons (Fsp3) is 0.923. The Balaban J connectivity index is 2.49. The third-order valence-electron chi connectivity index (χ3n) is 3.53. The minimum Gasteiger partial charge on any atom is -0.389 e. The molecule has 0 bridgehead atoms. The van der Waals surface area contributed by atoms with Crippen molar-refractivity contribution in [2.75, 3.05) is 13.6 Å². The van der Waals surface area contributed by atoms with Crippen molar-refractivity contribution < 1.29 is 9.90 Å². The summed E-state index contributed by atoms with van der Waals surface area (Å²) in [7, 11) is 1.72. The Bertz CT molecular complexity index is 282. The van der Waals surface area contributed by atoms with Gasteiger partial charge >= 0.3 is 6.03 Å². The zero-order chi connectivity index (χ0) is 13.3. The number of urea groups is 1. The first-order chi connectivity index (χ1) is 7.62. The van der Waals surface area contributed by atoms with Crippen molar-refractivity contribution in [2.24, 2.45) is 5.41 Å². The van der Waals surface area contributed by atoms with Gasteiger partial charge < -0.3 is 15.3 Å². The normalized spacial score (nSPS) is 23.5. The average Bonchev–Trinajstić information content (AvgIpc) is 2.43. The predicted molar refractivity (Wildman–Crippen MR) is 68.9 cm³/mol. The summed E-state index contributed by atoms with van der Waals surface area (Å²) in [6.45, 7) is 8.14. The van der Waals surface area contributed by atoms with E-state index in [4.69, 9.17) is 0 Å². The van der Waals surface area contributed by atoms with E-state index in [9.17, 15) is 9.90 Å². The van der Waals surface area contributed by atoms with Gasteiger partial charge in [0.2, 0.25) is 0 Å². The van der Waals surface area contributed by atoms with Gasteiger partial charge in [0.1, 0.15) is 0 Å². The second-order valence-electron chi connectivity index (χ2n) is 6.55.